The van der Waals surface area contributed by atoms with Crippen LogP contribution in [0.1, 0.15) is 12.0 Å². The molecular formula is C11H11ClF3NO4S2. The molecule has 2 rings (SSSR count). The Bertz CT molecular complexity index is 790. The molecule has 1 aliphatic rings. The molecule has 0 saturated carbocycles. The Kier molecular flexibility index (Phi) is 4.39. The van der Waals surface area contributed by atoms with Gasteiger partial charge in [0.15, 0.2) is 9.84 Å². The van der Waals surface area contributed by atoms with Crippen molar-refractivity contribution in [3.8, 4) is 0 Å². The van der Waals surface area contributed by atoms with Gasteiger partial charge in [0.25, 0.3) is 0 Å². The molecule has 11 heteroatoms. The average Bonchev–Trinajstić information content (AvgIpc) is 2.71. The third kappa shape index (κ3) is 3.85. The predicted molar refractivity (Wildman–Crippen MR) is 76.1 cm³/mol. The molecule has 1 saturated heterocycles. The average molecular weight is 378 g/mol. The summed E-state index contributed by atoms with van der Waals surface area (Å²) < 4.78 is 86.3. The highest BCUT2D eigenvalue weighted by Crippen LogP contribution is 2.34. The maximum atomic E-state index is 12.5. The van der Waals surface area contributed by atoms with Gasteiger partial charge in [0.2, 0.25) is 10.0 Å². The molecule has 0 aliphatic carbocycles. The second-order valence-corrected chi connectivity index (χ2v) is 9.46. The number of nitrogens with one attached hydrogen (secondary N) is 1. The monoisotopic (exact) mass is 377 g/mol. The fraction of sp³-hybridized carbons (Fsp3) is 0.455. The van der Waals surface area contributed by atoms with Crippen molar-refractivity contribution < 1.29 is 30.0 Å². The summed E-state index contributed by atoms with van der Waals surface area (Å²) in [5.74, 6) is -0.750. The lowest BCUT2D eigenvalue weighted by Gasteiger charge is -2.15. The van der Waals surface area contributed by atoms with E-state index in [1.807, 2.05) is 0 Å². The Morgan fingerprint density at radius 1 is 1.27 bits per heavy atom. The van der Waals surface area contributed by atoms with Crippen LogP contribution >= 0.6 is 11.6 Å². The molecule has 1 aliphatic heterocycles. The van der Waals surface area contributed by atoms with Crippen molar-refractivity contribution in [2.45, 2.75) is 17.8 Å². The number of halogens is 4. The summed E-state index contributed by atoms with van der Waals surface area (Å²) in [6, 6.07) is 2.19. The van der Waals surface area contributed by atoms with Crippen LogP contribution in [0.2, 0.25) is 5.02 Å². The lowest BCUT2D eigenvalue weighted by Crippen LogP contribution is -2.29. The molecule has 1 atom stereocenters. The molecule has 1 unspecified atom stereocenters. The normalized spacial score (nSPS) is 21.7. The number of hydrogen-bond acceptors (Lipinski definition) is 4. The van der Waals surface area contributed by atoms with Gasteiger partial charge in [0, 0.05) is 0 Å². The summed E-state index contributed by atoms with van der Waals surface area (Å²) >= 11 is 5.66. The van der Waals surface area contributed by atoms with Gasteiger partial charge in [0.05, 0.1) is 33.0 Å². The highest BCUT2D eigenvalue weighted by Gasteiger charge is 2.37. The number of sulfonamides is 1. The highest BCUT2D eigenvalue weighted by atomic mass is 35.5. The maximum absolute atomic E-state index is 12.5. The smallest absolute Gasteiger partial charge is 0.282 e. The van der Waals surface area contributed by atoms with Crippen molar-refractivity contribution in [3.05, 3.63) is 28.8 Å². The zero-order chi connectivity index (χ0) is 16.8. The van der Waals surface area contributed by atoms with Gasteiger partial charge in [-0.3, -0.25) is 4.72 Å². The predicted octanol–water partition coefficient (Wildman–Crippen LogP) is 2.29. The van der Waals surface area contributed by atoms with Gasteiger partial charge in [-0.05, 0) is 24.6 Å². The van der Waals surface area contributed by atoms with Gasteiger partial charge < -0.3 is 0 Å². The van der Waals surface area contributed by atoms with Crippen LogP contribution < -0.4 is 4.72 Å². The maximum Gasteiger partial charge on any atom is 0.416 e. The Balaban J connectivity index is 2.24. The highest BCUT2D eigenvalue weighted by molar-refractivity contribution is 7.97. The lowest BCUT2D eigenvalue weighted by molar-refractivity contribution is -0.137. The van der Waals surface area contributed by atoms with E-state index < -0.39 is 47.6 Å². The van der Waals surface area contributed by atoms with E-state index in [-0.39, 0.29) is 17.9 Å². The number of rotatable bonds is 3. The van der Waals surface area contributed by atoms with Crippen molar-refractivity contribution in [1.82, 2.24) is 0 Å². The Morgan fingerprint density at radius 3 is 2.36 bits per heavy atom. The van der Waals surface area contributed by atoms with Gasteiger partial charge >= 0.3 is 6.18 Å². The van der Waals surface area contributed by atoms with Crippen LogP contribution in [0.4, 0.5) is 18.9 Å². The van der Waals surface area contributed by atoms with Crippen LogP contribution in [0, 0.1) is 0 Å². The Morgan fingerprint density at radius 2 is 1.91 bits per heavy atom. The van der Waals surface area contributed by atoms with Gasteiger partial charge in [-0.2, -0.15) is 13.2 Å². The van der Waals surface area contributed by atoms with E-state index >= 15 is 0 Å². The van der Waals surface area contributed by atoms with Crippen LogP contribution in [-0.2, 0) is 26.0 Å². The number of alkyl halides is 3. The first-order chi connectivity index (χ1) is 9.91. The second-order valence-electron chi connectivity index (χ2n) is 4.86. The third-order valence-corrected chi connectivity index (χ3v) is 7.25. The van der Waals surface area contributed by atoms with Crippen molar-refractivity contribution in [2.75, 3.05) is 16.2 Å². The second kappa shape index (κ2) is 5.57. The minimum Gasteiger partial charge on any atom is -0.282 e. The molecule has 0 bridgehead atoms. The van der Waals surface area contributed by atoms with Crippen LogP contribution in [0.3, 0.4) is 0 Å². The third-order valence-electron chi connectivity index (χ3n) is 3.18. The summed E-state index contributed by atoms with van der Waals surface area (Å²) in [5, 5.41) is -1.56. The first kappa shape index (κ1) is 17.4. The fourth-order valence-electron chi connectivity index (χ4n) is 2.02. The molecule has 1 heterocycles. The van der Waals surface area contributed by atoms with Crippen LogP contribution in [-0.4, -0.2) is 33.6 Å². The first-order valence-electron chi connectivity index (χ1n) is 5.99. The van der Waals surface area contributed by atoms with Crippen molar-refractivity contribution in [1.29, 1.82) is 0 Å². The van der Waals surface area contributed by atoms with Gasteiger partial charge in [-0.15, -0.1) is 0 Å². The first-order valence-corrected chi connectivity index (χ1v) is 9.74. The molecule has 0 spiro atoms. The van der Waals surface area contributed by atoms with E-state index in [0.29, 0.717) is 12.1 Å². The van der Waals surface area contributed by atoms with E-state index in [0.717, 1.165) is 6.07 Å². The van der Waals surface area contributed by atoms with Crippen molar-refractivity contribution in [3.63, 3.8) is 0 Å². The molecule has 5 nitrogen and oxygen atoms in total. The quantitative estimate of drug-likeness (QED) is 0.876. The molecule has 1 aromatic carbocycles. The van der Waals surface area contributed by atoms with Crippen molar-refractivity contribution >= 4 is 37.1 Å². The van der Waals surface area contributed by atoms with Gasteiger partial charge in [0.1, 0.15) is 0 Å². The Hall–Kier alpha value is -1.00. The summed E-state index contributed by atoms with van der Waals surface area (Å²) in [5.41, 5.74) is -1.23. The minimum atomic E-state index is -4.60. The van der Waals surface area contributed by atoms with Gasteiger partial charge in [-0.25, -0.2) is 16.8 Å². The molecule has 1 fully saturated rings. The minimum absolute atomic E-state index is 0.0596. The molecule has 1 N–H and O–H groups in total. The van der Waals surface area contributed by atoms with E-state index in [4.69, 9.17) is 11.6 Å². The largest absolute Gasteiger partial charge is 0.416 e. The molecule has 124 valence electrons. The summed E-state index contributed by atoms with van der Waals surface area (Å²) in [6.07, 6.45) is -4.66. The number of sulfone groups is 1. The topological polar surface area (TPSA) is 80.3 Å². The summed E-state index contributed by atoms with van der Waals surface area (Å²) in [4.78, 5) is 0. The standard InChI is InChI=1S/C11H11ClF3NO4S2/c12-9-5-7(11(13,14)15)1-2-10(9)16-22(19,20)8-3-4-21(17,18)6-8/h1-2,5,8,16H,3-4,6H2. The van der Waals surface area contributed by atoms with Crippen LogP contribution in [0.25, 0.3) is 0 Å². The number of anilines is 1. The van der Waals surface area contributed by atoms with Crippen LogP contribution in [0.15, 0.2) is 18.2 Å². The zero-order valence-corrected chi connectivity index (χ0v) is 13.3. The fourth-order valence-corrected chi connectivity index (χ4v) is 6.41. The Labute approximate surface area is 130 Å². The molecule has 1 aromatic rings. The van der Waals surface area contributed by atoms with Gasteiger partial charge in [-0.1, -0.05) is 11.6 Å². The lowest BCUT2D eigenvalue weighted by atomic mass is 10.2. The van der Waals surface area contributed by atoms with E-state index in [1.165, 1.54) is 0 Å². The van der Waals surface area contributed by atoms with Crippen LogP contribution in [0.5, 0.6) is 0 Å². The molecule has 22 heavy (non-hydrogen) atoms. The molecule has 0 aromatic heterocycles. The number of hydrogen-bond donors (Lipinski definition) is 1. The van der Waals surface area contributed by atoms with E-state index in [9.17, 15) is 30.0 Å². The molecule has 0 radical (unpaired) electrons. The summed E-state index contributed by atoms with van der Waals surface area (Å²) in [6.45, 7) is 0. The number of benzene rings is 1. The molecular weight excluding hydrogens is 367 g/mol. The zero-order valence-electron chi connectivity index (χ0n) is 10.9. The van der Waals surface area contributed by atoms with Crippen molar-refractivity contribution in [2.24, 2.45) is 0 Å². The SMILES string of the molecule is O=S1(=O)CCC(S(=O)(=O)Nc2ccc(C(F)(F)F)cc2Cl)C1. The molecule has 0 amide bonds. The summed E-state index contributed by atoms with van der Waals surface area (Å²) in [7, 11) is -7.46. The van der Waals surface area contributed by atoms with E-state index in [2.05, 4.69) is 4.72 Å². The van der Waals surface area contributed by atoms with E-state index in [1.54, 1.807) is 0 Å².